The molecule has 0 bridgehead atoms. The van der Waals surface area contributed by atoms with E-state index in [0.717, 1.165) is 27.9 Å². The molecule has 0 atom stereocenters. The molecular weight excluding hydrogens is 488 g/mol. The van der Waals surface area contributed by atoms with Crippen molar-refractivity contribution in [2.24, 2.45) is 10.2 Å². The van der Waals surface area contributed by atoms with Gasteiger partial charge in [-0.05, 0) is 44.0 Å². The molecule has 0 aliphatic rings. The minimum absolute atomic E-state index is 0.0490. The van der Waals surface area contributed by atoms with Crippen LogP contribution in [0, 0.1) is 30.9 Å². The number of hydrogen-bond donors (Lipinski definition) is 1. The van der Waals surface area contributed by atoms with Crippen molar-refractivity contribution in [3.8, 4) is 27.6 Å². The second-order valence-corrected chi connectivity index (χ2v) is 9.45. The molecule has 184 valence electrons. The third kappa shape index (κ3) is 4.74. The Hall–Kier alpha value is -4.70. The summed E-state index contributed by atoms with van der Waals surface area (Å²) >= 11 is 1.32. The lowest BCUT2D eigenvalue weighted by atomic mass is 10.1. The third-order valence-corrected chi connectivity index (χ3v) is 6.70. The van der Waals surface area contributed by atoms with Crippen LogP contribution in [0.2, 0.25) is 0 Å². The molecule has 5 rings (SSSR count). The number of azo groups is 1. The molecule has 5 aromatic rings. The summed E-state index contributed by atoms with van der Waals surface area (Å²) in [5, 5.41) is 25.4. The highest BCUT2D eigenvalue weighted by molar-refractivity contribution is 7.12. The molecule has 9 nitrogen and oxygen atoms in total. The predicted molar refractivity (Wildman–Crippen MR) is 144 cm³/mol. The highest BCUT2D eigenvalue weighted by Gasteiger charge is 2.20. The maximum absolute atomic E-state index is 13.6. The Labute approximate surface area is 215 Å². The Kier molecular flexibility index (Phi) is 6.33. The highest BCUT2D eigenvalue weighted by atomic mass is 32.1. The van der Waals surface area contributed by atoms with E-state index in [1.807, 2.05) is 68.6 Å². The zero-order chi connectivity index (χ0) is 26.1. The Bertz CT molecular complexity index is 1680. The van der Waals surface area contributed by atoms with Crippen LogP contribution in [0.1, 0.15) is 16.7 Å². The van der Waals surface area contributed by atoms with Crippen molar-refractivity contribution in [1.82, 2.24) is 14.8 Å². The van der Waals surface area contributed by atoms with E-state index >= 15 is 0 Å². The van der Waals surface area contributed by atoms with E-state index in [-0.39, 0.29) is 11.4 Å². The summed E-state index contributed by atoms with van der Waals surface area (Å²) in [6, 6.07) is 19.6. The number of nitro groups is 1. The van der Waals surface area contributed by atoms with Gasteiger partial charge in [0, 0.05) is 28.6 Å². The minimum Gasteiger partial charge on any atom is -0.286 e. The lowest BCUT2D eigenvalue weighted by molar-refractivity contribution is -0.384. The van der Waals surface area contributed by atoms with Gasteiger partial charge >= 0.3 is 5.56 Å². The van der Waals surface area contributed by atoms with Gasteiger partial charge in [-0.2, -0.15) is 4.68 Å². The number of benzene rings is 3. The van der Waals surface area contributed by atoms with Gasteiger partial charge < -0.3 is 0 Å². The monoisotopic (exact) mass is 510 g/mol. The smallest absolute Gasteiger partial charge is 0.286 e. The van der Waals surface area contributed by atoms with Crippen molar-refractivity contribution in [3.05, 3.63) is 109 Å². The summed E-state index contributed by atoms with van der Waals surface area (Å²) in [5.74, 6) is 0. The molecule has 0 fully saturated rings. The van der Waals surface area contributed by atoms with Gasteiger partial charge in [-0.3, -0.25) is 20.0 Å². The van der Waals surface area contributed by atoms with Gasteiger partial charge in [0.2, 0.25) is 5.13 Å². The van der Waals surface area contributed by atoms with Crippen LogP contribution in [-0.4, -0.2) is 19.7 Å². The maximum Gasteiger partial charge on any atom is 0.301 e. The largest absolute Gasteiger partial charge is 0.301 e. The zero-order valence-corrected chi connectivity index (χ0v) is 21.1. The fourth-order valence-corrected chi connectivity index (χ4v) is 4.94. The van der Waals surface area contributed by atoms with Gasteiger partial charge in [0.05, 0.1) is 22.0 Å². The third-order valence-electron chi connectivity index (χ3n) is 5.87. The van der Waals surface area contributed by atoms with Crippen LogP contribution in [0.3, 0.4) is 0 Å². The molecule has 2 heterocycles. The molecule has 0 spiro atoms. The normalized spacial score (nSPS) is 11.3. The first kappa shape index (κ1) is 24.0. The second-order valence-electron chi connectivity index (χ2n) is 8.61. The summed E-state index contributed by atoms with van der Waals surface area (Å²) < 4.78 is 1.33. The summed E-state index contributed by atoms with van der Waals surface area (Å²) in [7, 11) is 0. The molecule has 0 amide bonds. The average Bonchev–Trinajstić information content (AvgIpc) is 3.49. The van der Waals surface area contributed by atoms with Gasteiger partial charge in [-0.25, -0.2) is 4.98 Å². The van der Waals surface area contributed by atoms with Crippen LogP contribution in [0.25, 0.3) is 27.6 Å². The molecule has 0 saturated heterocycles. The fourth-order valence-electron chi connectivity index (χ4n) is 4.15. The second kappa shape index (κ2) is 9.75. The van der Waals surface area contributed by atoms with E-state index in [1.54, 1.807) is 12.1 Å². The lowest BCUT2D eigenvalue weighted by Gasteiger charge is -2.05. The van der Waals surface area contributed by atoms with E-state index in [1.165, 1.54) is 28.2 Å². The first-order valence-corrected chi connectivity index (χ1v) is 12.3. The first-order valence-electron chi connectivity index (χ1n) is 11.4. The number of nitrogens with zero attached hydrogens (tertiary/aromatic N) is 5. The molecule has 0 radical (unpaired) electrons. The SMILES string of the molecule is Cc1cc(C)c(N=Nc2c(-c3ccc([N+](=O)[O-])cc3)[nH]n(-c3nc(-c4ccccc4)cs3)c2=O)c(C)c1. The molecule has 0 saturated carbocycles. The summed E-state index contributed by atoms with van der Waals surface area (Å²) in [6.45, 7) is 5.90. The minimum atomic E-state index is -0.470. The van der Waals surface area contributed by atoms with Crippen molar-refractivity contribution >= 4 is 28.4 Å². The highest BCUT2D eigenvalue weighted by Crippen LogP contribution is 2.32. The van der Waals surface area contributed by atoms with Crippen molar-refractivity contribution in [1.29, 1.82) is 0 Å². The fraction of sp³-hybridized carbons (Fsp3) is 0.111. The number of aryl methyl sites for hydroxylation is 3. The Morgan fingerprint density at radius 1 is 0.919 bits per heavy atom. The topological polar surface area (TPSA) is 119 Å². The molecular formula is C27H22N6O3S. The maximum atomic E-state index is 13.6. The van der Waals surface area contributed by atoms with Gasteiger partial charge in [-0.1, -0.05) is 48.0 Å². The number of nitro benzene ring substituents is 1. The number of hydrogen-bond acceptors (Lipinski definition) is 7. The molecule has 10 heteroatoms. The van der Waals surface area contributed by atoms with Crippen LogP contribution in [0.15, 0.2) is 87.1 Å². The quantitative estimate of drug-likeness (QED) is 0.147. The molecule has 37 heavy (non-hydrogen) atoms. The van der Waals surface area contributed by atoms with E-state index in [0.29, 0.717) is 22.1 Å². The van der Waals surface area contributed by atoms with E-state index in [4.69, 9.17) is 0 Å². The van der Waals surface area contributed by atoms with Crippen LogP contribution < -0.4 is 5.56 Å². The first-order chi connectivity index (χ1) is 17.8. The lowest BCUT2D eigenvalue weighted by Crippen LogP contribution is -2.13. The van der Waals surface area contributed by atoms with Crippen LogP contribution >= 0.6 is 11.3 Å². The number of aromatic nitrogens is 3. The zero-order valence-electron chi connectivity index (χ0n) is 20.3. The van der Waals surface area contributed by atoms with Crippen molar-refractivity contribution in [2.45, 2.75) is 20.8 Å². The Morgan fingerprint density at radius 3 is 2.22 bits per heavy atom. The van der Waals surface area contributed by atoms with Gasteiger partial charge in [0.1, 0.15) is 0 Å². The number of rotatable bonds is 6. The molecule has 0 aliphatic carbocycles. The molecule has 0 unspecified atom stereocenters. The molecule has 3 aromatic carbocycles. The van der Waals surface area contributed by atoms with Crippen molar-refractivity contribution in [3.63, 3.8) is 0 Å². The van der Waals surface area contributed by atoms with E-state index < -0.39 is 10.5 Å². The van der Waals surface area contributed by atoms with E-state index in [2.05, 4.69) is 20.3 Å². The Morgan fingerprint density at radius 2 is 1.57 bits per heavy atom. The van der Waals surface area contributed by atoms with Crippen LogP contribution in [0.4, 0.5) is 17.1 Å². The number of nitrogens with one attached hydrogen (secondary N) is 1. The van der Waals surface area contributed by atoms with Crippen molar-refractivity contribution in [2.75, 3.05) is 0 Å². The predicted octanol–water partition coefficient (Wildman–Crippen LogP) is 7.20. The summed E-state index contributed by atoms with van der Waals surface area (Å²) in [6.07, 6.45) is 0. The van der Waals surface area contributed by atoms with Gasteiger partial charge in [0.15, 0.2) is 5.69 Å². The van der Waals surface area contributed by atoms with Crippen LogP contribution in [-0.2, 0) is 0 Å². The Balaban J connectivity index is 1.63. The van der Waals surface area contributed by atoms with E-state index in [9.17, 15) is 14.9 Å². The van der Waals surface area contributed by atoms with Crippen LogP contribution in [0.5, 0.6) is 0 Å². The van der Waals surface area contributed by atoms with Crippen molar-refractivity contribution < 1.29 is 4.92 Å². The summed E-state index contributed by atoms with van der Waals surface area (Å²) in [4.78, 5) is 28.9. The number of non-ortho nitro benzene ring substituents is 1. The molecule has 0 aliphatic heterocycles. The molecule has 2 aromatic heterocycles. The number of aromatic amines is 1. The summed E-state index contributed by atoms with van der Waals surface area (Å²) in [5.41, 5.74) is 5.94. The standard InChI is InChI=1S/C27H22N6O3S/c1-16-13-17(2)23(18(3)14-16)29-30-25-24(20-9-11-21(12-10-20)33(35)36)31-32(26(25)34)27-28-22(15-37-27)19-7-5-4-6-8-19/h4-15,31H,1-3H3. The number of H-pyrrole nitrogens is 1. The molecule has 1 N–H and O–H groups in total. The number of thiazole rings is 1. The van der Waals surface area contributed by atoms with Gasteiger partial charge in [0.25, 0.3) is 5.69 Å². The average molecular weight is 511 g/mol. The van der Waals surface area contributed by atoms with Gasteiger partial charge in [-0.15, -0.1) is 21.6 Å².